The number of fused-ring (bicyclic) bond motifs is 1. The van der Waals surface area contributed by atoms with Crippen molar-refractivity contribution in [3.05, 3.63) is 54.1 Å². The molecule has 27 heavy (non-hydrogen) atoms. The number of nitrogens with one attached hydrogen (secondary N) is 1. The van der Waals surface area contributed by atoms with Crippen LogP contribution in [0.4, 0.5) is 5.69 Å². The van der Waals surface area contributed by atoms with Crippen LogP contribution in [-0.4, -0.2) is 30.2 Å². The lowest BCUT2D eigenvalue weighted by molar-refractivity contribution is -0.124. The minimum absolute atomic E-state index is 0.00162. The summed E-state index contributed by atoms with van der Waals surface area (Å²) in [6.45, 7) is 4.46. The van der Waals surface area contributed by atoms with Gasteiger partial charge in [0.15, 0.2) is 0 Å². The highest BCUT2D eigenvalue weighted by molar-refractivity contribution is 8.00. The van der Waals surface area contributed by atoms with Gasteiger partial charge in [-0.05, 0) is 32.0 Å². The summed E-state index contributed by atoms with van der Waals surface area (Å²) in [7, 11) is 1.60. The monoisotopic (exact) mass is 384 g/mol. The fourth-order valence-electron chi connectivity index (χ4n) is 3.11. The Hall–Kier alpha value is -2.47. The maximum atomic E-state index is 12.8. The average Bonchev–Trinajstić information content (AvgIpc) is 2.73. The van der Waals surface area contributed by atoms with Gasteiger partial charge in [-0.25, -0.2) is 0 Å². The lowest BCUT2D eigenvalue weighted by Crippen LogP contribution is -2.41. The van der Waals surface area contributed by atoms with E-state index in [9.17, 15) is 9.59 Å². The number of amides is 2. The van der Waals surface area contributed by atoms with Crippen molar-refractivity contribution in [3.8, 4) is 5.75 Å². The molecule has 0 aliphatic carbocycles. The predicted molar refractivity (Wildman–Crippen MR) is 108 cm³/mol. The number of hydrogen-bond donors (Lipinski definition) is 1. The van der Waals surface area contributed by atoms with Gasteiger partial charge in [0.05, 0.1) is 12.8 Å². The summed E-state index contributed by atoms with van der Waals surface area (Å²) in [6.07, 6.45) is 0.381. The van der Waals surface area contributed by atoms with Crippen LogP contribution in [0.3, 0.4) is 0 Å². The number of carbonyl (C=O) groups excluding carboxylic acids is 2. The molecule has 2 aromatic carbocycles. The number of para-hydroxylation sites is 2. The molecule has 0 fully saturated rings. The Labute approximate surface area is 164 Å². The molecular formula is C21H24N2O3S. The smallest absolute Gasteiger partial charge is 0.240 e. The molecule has 0 atom stereocenters. The number of thioether (sulfide) groups is 1. The van der Waals surface area contributed by atoms with Crippen molar-refractivity contribution in [3.63, 3.8) is 0 Å². The van der Waals surface area contributed by atoms with Crippen LogP contribution in [0.5, 0.6) is 5.75 Å². The van der Waals surface area contributed by atoms with Gasteiger partial charge >= 0.3 is 0 Å². The summed E-state index contributed by atoms with van der Waals surface area (Å²) in [5.41, 5.74) is 1.69. The zero-order chi connectivity index (χ0) is 19.4. The molecule has 0 saturated carbocycles. The molecule has 1 aliphatic rings. The maximum Gasteiger partial charge on any atom is 0.240 e. The Kier molecular flexibility index (Phi) is 5.75. The summed E-state index contributed by atoms with van der Waals surface area (Å²) in [5, 5.41) is 2.89. The van der Waals surface area contributed by atoms with Crippen molar-refractivity contribution in [1.82, 2.24) is 5.32 Å². The Morgan fingerprint density at radius 2 is 1.89 bits per heavy atom. The van der Waals surface area contributed by atoms with Crippen molar-refractivity contribution in [2.75, 3.05) is 18.6 Å². The maximum absolute atomic E-state index is 12.8. The summed E-state index contributed by atoms with van der Waals surface area (Å²) in [4.78, 5) is 28.0. The Bertz CT molecular complexity index is 851. The van der Waals surface area contributed by atoms with Gasteiger partial charge in [0.2, 0.25) is 11.8 Å². The van der Waals surface area contributed by atoms with Crippen molar-refractivity contribution in [1.29, 1.82) is 0 Å². The van der Waals surface area contributed by atoms with Crippen LogP contribution in [0, 0.1) is 0 Å². The number of benzene rings is 2. The molecule has 0 unspecified atom stereocenters. The van der Waals surface area contributed by atoms with Crippen LogP contribution in [0.25, 0.3) is 0 Å². The highest BCUT2D eigenvalue weighted by Gasteiger charge is 2.33. The van der Waals surface area contributed by atoms with E-state index in [-0.39, 0.29) is 23.1 Å². The molecule has 2 aromatic rings. The fourth-order valence-corrected chi connectivity index (χ4v) is 4.33. The molecule has 1 N–H and O–H groups in total. The highest BCUT2D eigenvalue weighted by atomic mass is 32.2. The molecule has 0 spiro atoms. The van der Waals surface area contributed by atoms with E-state index in [0.717, 1.165) is 21.9 Å². The van der Waals surface area contributed by atoms with E-state index >= 15 is 0 Å². The second kappa shape index (κ2) is 8.05. The molecule has 142 valence electrons. The molecule has 2 amide bonds. The third-order valence-corrected chi connectivity index (χ3v) is 5.65. The van der Waals surface area contributed by atoms with E-state index in [2.05, 4.69) is 19.2 Å². The zero-order valence-electron chi connectivity index (χ0n) is 15.8. The van der Waals surface area contributed by atoms with Crippen molar-refractivity contribution in [2.24, 2.45) is 0 Å². The number of methoxy groups -OCH3 is 1. The summed E-state index contributed by atoms with van der Waals surface area (Å²) in [6, 6.07) is 15.3. The normalized spacial score (nSPS) is 15.7. The van der Waals surface area contributed by atoms with Gasteiger partial charge in [0.1, 0.15) is 12.3 Å². The first kappa shape index (κ1) is 19.3. The van der Waals surface area contributed by atoms with Gasteiger partial charge in [0.25, 0.3) is 0 Å². The fraction of sp³-hybridized carbons (Fsp3) is 0.333. The van der Waals surface area contributed by atoms with Gasteiger partial charge in [-0.3, -0.25) is 9.59 Å². The third kappa shape index (κ3) is 4.63. The second-order valence-electron chi connectivity index (χ2n) is 7.07. The number of ether oxygens (including phenoxy) is 1. The van der Waals surface area contributed by atoms with Crippen LogP contribution in [0.1, 0.15) is 25.8 Å². The number of carbonyl (C=O) groups is 2. The molecule has 0 saturated heterocycles. The number of rotatable bonds is 5. The average molecular weight is 385 g/mol. The first-order chi connectivity index (χ1) is 12.9. The summed E-state index contributed by atoms with van der Waals surface area (Å²) in [5.74, 6) is 0.491. The van der Waals surface area contributed by atoms with Gasteiger partial charge < -0.3 is 15.0 Å². The van der Waals surface area contributed by atoms with E-state index in [4.69, 9.17) is 4.74 Å². The molecule has 0 aromatic heterocycles. The second-order valence-corrected chi connectivity index (χ2v) is 8.82. The van der Waals surface area contributed by atoms with Crippen LogP contribution >= 0.6 is 11.8 Å². The lowest BCUT2D eigenvalue weighted by Gasteiger charge is -2.23. The van der Waals surface area contributed by atoms with E-state index in [1.54, 1.807) is 23.8 Å². The standard InChI is InChI=1S/C21H24N2O3S/c1-21(2)12-20(25)23(16-9-5-7-11-18(16)27-21)14-19(24)22-13-15-8-4-6-10-17(15)26-3/h4-11H,12-14H2,1-3H3,(H,22,24). The Morgan fingerprint density at radius 1 is 1.19 bits per heavy atom. The number of hydrogen-bond acceptors (Lipinski definition) is 4. The van der Waals surface area contributed by atoms with Gasteiger partial charge in [-0.2, -0.15) is 0 Å². The summed E-state index contributed by atoms with van der Waals surface area (Å²) >= 11 is 1.67. The number of nitrogens with zero attached hydrogens (tertiary/aromatic N) is 1. The van der Waals surface area contributed by atoms with E-state index in [1.165, 1.54) is 0 Å². The van der Waals surface area contributed by atoms with Crippen LogP contribution < -0.4 is 15.0 Å². The highest BCUT2D eigenvalue weighted by Crippen LogP contribution is 2.43. The zero-order valence-corrected chi connectivity index (χ0v) is 16.6. The molecule has 3 rings (SSSR count). The minimum atomic E-state index is -0.212. The molecule has 0 radical (unpaired) electrons. The van der Waals surface area contributed by atoms with Crippen molar-refractivity contribution >= 4 is 29.3 Å². The molecular weight excluding hydrogens is 360 g/mol. The largest absolute Gasteiger partial charge is 0.496 e. The summed E-state index contributed by atoms with van der Waals surface area (Å²) < 4.78 is 5.10. The van der Waals surface area contributed by atoms with Crippen molar-refractivity contribution < 1.29 is 14.3 Å². The van der Waals surface area contributed by atoms with Gasteiger partial charge in [-0.15, -0.1) is 11.8 Å². The number of anilines is 1. The molecule has 5 nitrogen and oxygen atoms in total. The molecule has 0 bridgehead atoms. The SMILES string of the molecule is COc1ccccc1CNC(=O)CN1C(=O)CC(C)(C)Sc2ccccc21. The topological polar surface area (TPSA) is 58.6 Å². The van der Waals surface area contributed by atoms with Crippen LogP contribution in [0.2, 0.25) is 0 Å². The van der Waals surface area contributed by atoms with E-state index < -0.39 is 0 Å². The third-order valence-electron chi connectivity index (χ3n) is 4.39. The van der Waals surface area contributed by atoms with E-state index in [0.29, 0.717) is 13.0 Å². The van der Waals surface area contributed by atoms with Gasteiger partial charge in [-0.1, -0.05) is 30.3 Å². The van der Waals surface area contributed by atoms with Crippen LogP contribution in [0.15, 0.2) is 53.4 Å². The molecule has 1 heterocycles. The Balaban J connectivity index is 1.74. The Morgan fingerprint density at radius 3 is 2.67 bits per heavy atom. The van der Waals surface area contributed by atoms with Crippen LogP contribution in [-0.2, 0) is 16.1 Å². The quantitative estimate of drug-likeness (QED) is 0.855. The first-order valence-electron chi connectivity index (χ1n) is 8.86. The lowest BCUT2D eigenvalue weighted by atomic mass is 10.1. The van der Waals surface area contributed by atoms with E-state index in [1.807, 2.05) is 48.5 Å². The predicted octanol–water partition coefficient (Wildman–Crippen LogP) is 3.62. The first-order valence-corrected chi connectivity index (χ1v) is 9.68. The molecule has 6 heteroatoms. The van der Waals surface area contributed by atoms with Crippen molar-refractivity contribution in [2.45, 2.75) is 36.5 Å². The molecule has 1 aliphatic heterocycles. The van der Waals surface area contributed by atoms with Gasteiger partial charge in [0, 0.05) is 28.2 Å². The minimum Gasteiger partial charge on any atom is -0.496 e.